The number of carbonyl (C=O) groups is 2. The van der Waals surface area contributed by atoms with Gasteiger partial charge in [-0.3, -0.25) is 14.1 Å². The Kier molecular flexibility index (Phi) is 26.6. The van der Waals surface area contributed by atoms with Gasteiger partial charge in [-0.2, -0.15) is 0 Å². The van der Waals surface area contributed by atoms with Crippen molar-refractivity contribution in [2.24, 2.45) is 0 Å². The molecule has 244 valence electrons. The molecule has 0 radical (unpaired) electrons. The minimum absolute atomic E-state index is 0.00216. The molecule has 3 N–H and O–H groups in total. The van der Waals surface area contributed by atoms with Crippen molar-refractivity contribution in [3.05, 3.63) is 72.9 Å². The third-order valence-corrected chi connectivity index (χ3v) is 6.32. The molecule has 43 heavy (non-hydrogen) atoms. The number of unbranched alkanes of at least 4 members (excludes halogenated alkanes) is 4. The van der Waals surface area contributed by atoms with Crippen LogP contribution in [-0.2, 0) is 28.2 Å². The van der Waals surface area contributed by atoms with E-state index in [1.54, 1.807) is 24.3 Å². The van der Waals surface area contributed by atoms with Gasteiger partial charge in [-0.05, 0) is 44.9 Å². The standard InChI is InChI=1S/C33H53O9P/c1-3-5-7-9-10-11-12-13-14-15-16-18-20-24-30(34)25-21-19-23-27-33(36)42-31(29-41-43(37,38)39)28-40-32(35)26-22-17-8-6-4-2/h5,7,10-11,13-14,16,18-21,24,30-31,34H,3-4,6,8-9,12,15,17,22-23,25-29H2,1-2H3,(H2,37,38,39)/b7-5-,11-10-,14-13-,18-16-,21-19-,24-20-/t30?,31-/m1/s1. The van der Waals surface area contributed by atoms with Crippen molar-refractivity contribution in [3.8, 4) is 0 Å². The predicted molar refractivity (Wildman–Crippen MR) is 171 cm³/mol. The molecule has 0 heterocycles. The van der Waals surface area contributed by atoms with E-state index in [-0.39, 0.29) is 19.4 Å². The summed E-state index contributed by atoms with van der Waals surface area (Å²) in [5.74, 6) is -1.09. The summed E-state index contributed by atoms with van der Waals surface area (Å²) >= 11 is 0. The minimum atomic E-state index is -4.79. The zero-order chi connectivity index (χ0) is 32.0. The van der Waals surface area contributed by atoms with Gasteiger partial charge in [0.1, 0.15) is 6.61 Å². The van der Waals surface area contributed by atoms with Crippen LogP contribution >= 0.6 is 7.82 Å². The van der Waals surface area contributed by atoms with Crippen LogP contribution in [0.4, 0.5) is 0 Å². The van der Waals surface area contributed by atoms with E-state index in [4.69, 9.17) is 19.3 Å². The molecule has 0 aliphatic heterocycles. The van der Waals surface area contributed by atoms with E-state index in [0.29, 0.717) is 19.3 Å². The van der Waals surface area contributed by atoms with Gasteiger partial charge < -0.3 is 24.4 Å². The fourth-order valence-electron chi connectivity index (χ4n) is 3.54. The number of hydrogen-bond donors (Lipinski definition) is 3. The summed E-state index contributed by atoms with van der Waals surface area (Å²) in [6, 6.07) is 0. The zero-order valence-electron chi connectivity index (χ0n) is 25.9. The Bertz CT molecular complexity index is 944. The molecule has 0 saturated carbocycles. The normalized spacial score (nSPS) is 14.3. The van der Waals surface area contributed by atoms with E-state index in [1.165, 1.54) is 0 Å². The zero-order valence-corrected chi connectivity index (χ0v) is 26.8. The second-order valence-electron chi connectivity index (χ2n) is 9.90. The highest BCUT2D eigenvalue weighted by Crippen LogP contribution is 2.35. The first-order valence-electron chi connectivity index (χ1n) is 15.3. The average molecular weight is 625 g/mol. The van der Waals surface area contributed by atoms with Gasteiger partial charge in [0.25, 0.3) is 0 Å². The van der Waals surface area contributed by atoms with Gasteiger partial charge in [0, 0.05) is 12.8 Å². The van der Waals surface area contributed by atoms with Gasteiger partial charge in [0.05, 0.1) is 12.7 Å². The highest BCUT2D eigenvalue weighted by molar-refractivity contribution is 7.46. The molecule has 10 heteroatoms. The lowest BCUT2D eigenvalue weighted by molar-refractivity contribution is -0.161. The number of phosphoric ester groups is 1. The molecule has 0 fully saturated rings. The van der Waals surface area contributed by atoms with E-state index in [0.717, 1.165) is 51.4 Å². The van der Waals surface area contributed by atoms with E-state index in [2.05, 4.69) is 54.8 Å². The lowest BCUT2D eigenvalue weighted by atomic mass is 10.1. The number of hydrogen-bond acceptors (Lipinski definition) is 7. The number of carbonyl (C=O) groups excluding carboxylic acids is 2. The van der Waals surface area contributed by atoms with Crippen molar-refractivity contribution in [1.82, 2.24) is 0 Å². The number of aliphatic hydroxyl groups excluding tert-OH is 1. The van der Waals surface area contributed by atoms with Crippen LogP contribution in [0.2, 0.25) is 0 Å². The maximum atomic E-state index is 12.2. The van der Waals surface area contributed by atoms with Crippen LogP contribution in [0.3, 0.4) is 0 Å². The van der Waals surface area contributed by atoms with E-state index in [9.17, 15) is 19.3 Å². The molecule has 0 spiro atoms. The maximum Gasteiger partial charge on any atom is 0.469 e. The Labute approximate surface area is 258 Å². The summed E-state index contributed by atoms with van der Waals surface area (Å²) in [5, 5.41) is 10.1. The van der Waals surface area contributed by atoms with E-state index < -0.39 is 38.6 Å². The van der Waals surface area contributed by atoms with Crippen LogP contribution < -0.4 is 0 Å². The van der Waals surface area contributed by atoms with Gasteiger partial charge in [0.2, 0.25) is 0 Å². The molecule has 0 bridgehead atoms. The van der Waals surface area contributed by atoms with E-state index in [1.807, 2.05) is 12.2 Å². The maximum absolute atomic E-state index is 12.2. The summed E-state index contributed by atoms with van der Waals surface area (Å²) in [7, 11) is -4.79. The van der Waals surface area contributed by atoms with Gasteiger partial charge in [-0.1, -0.05) is 112 Å². The predicted octanol–water partition coefficient (Wildman–Crippen LogP) is 7.36. The molecule has 0 saturated heterocycles. The van der Waals surface area contributed by atoms with Gasteiger partial charge in [0.15, 0.2) is 6.10 Å². The van der Waals surface area contributed by atoms with Crippen LogP contribution in [0.1, 0.15) is 97.3 Å². The minimum Gasteiger partial charge on any atom is -0.462 e. The number of rotatable bonds is 26. The SMILES string of the molecule is CC/C=C\C/C=C\C/C=C\C/C=C\C=C/C(O)C/C=C\CCC(=O)O[C@H](COC(=O)CCCCCCC)COP(=O)(O)O. The molecule has 0 rings (SSSR count). The Hall–Kier alpha value is -2.55. The summed E-state index contributed by atoms with van der Waals surface area (Å²) in [6.07, 6.45) is 31.4. The second kappa shape index (κ2) is 28.2. The molecule has 1 unspecified atom stereocenters. The van der Waals surface area contributed by atoms with E-state index >= 15 is 0 Å². The topological polar surface area (TPSA) is 140 Å². The Morgan fingerprint density at radius 2 is 1.40 bits per heavy atom. The fraction of sp³-hybridized carbons (Fsp3) is 0.576. The van der Waals surface area contributed by atoms with Gasteiger partial charge in [-0.25, -0.2) is 4.57 Å². The van der Waals surface area contributed by atoms with Crippen LogP contribution in [-0.4, -0.2) is 52.3 Å². The highest BCUT2D eigenvalue weighted by Gasteiger charge is 2.22. The van der Waals surface area contributed by atoms with Crippen LogP contribution in [0, 0.1) is 0 Å². The van der Waals surface area contributed by atoms with Crippen molar-refractivity contribution < 1.29 is 43.0 Å². The van der Waals surface area contributed by atoms with Crippen molar-refractivity contribution in [2.45, 2.75) is 110 Å². The molecular formula is C33H53O9P. The van der Waals surface area contributed by atoms with Crippen molar-refractivity contribution >= 4 is 19.8 Å². The highest BCUT2D eigenvalue weighted by atomic mass is 31.2. The quantitative estimate of drug-likeness (QED) is 0.0296. The lowest BCUT2D eigenvalue weighted by Crippen LogP contribution is -2.29. The molecule has 0 aliphatic carbocycles. The summed E-state index contributed by atoms with van der Waals surface area (Å²) in [4.78, 5) is 42.1. The van der Waals surface area contributed by atoms with Gasteiger partial charge in [-0.15, -0.1) is 0 Å². The first-order chi connectivity index (χ1) is 20.7. The second-order valence-corrected chi connectivity index (χ2v) is 11.1. The third kappa shape index (κ3) is 30.7. The van der Waals surface area contributed by atoms with Crippen molar-refractivity contribution in [1.29, 1.82) is 0 Å². The Morgan fingerprint density at radius 1 is 0.744 bits per heavy atom. The molecule has 0 aromatic heterocycles. The number of aliphatic hydroxyl groups is 1. The first kappa shape index (κ1) is 40.5. The third-order valence-electron chi connectivity index (χ3n) is 5.83. The number of esters is 2. The van der Waals surface area contributed by atoms with Crippen LogP contribution in [0.25, 0.3) is 0 Å². The number of allylic oxidation sites excluding steroid dienone is 10. The van der Waals surface area contributed by atoms with Crippen LogP contribution in [0.5, 0.6) is 0 Å². The first-order valence-corrected chi connectivity index (χ1v) is 16.9. The molecule has 0 amide bonds. The lowest BCUT2D eigenvalue weighted by Gasteiger charge is -2.18. The molecule has 2 atom stereocenters. The van der Waals surface area contributed by atoms with Crippen molar-refractivity contribution in [2.75, 3.05) is 13.2 Å². The van der Waals surface area contributed by atoms with Crippen molar-refractivity contribution in [3.63, 3.8) is 0 Å². The smallest absolute Gasteiger partial charge is 0.462 e. The summed E-state index contributed by atoms with van der Waals surface area (Å²) in [6.45, 7) is 3.26. The van der Waals surface area contributed by atoms with Gasteiger partial charge >= 0.3 is 19.8 Å². The Morgan fingerprint density at radius 3 is 2.05 bits per heavy atom. The Balaban J connectivity index is 4.30. The average Bonchev–Trinajstić information content (AvgIpc) is 2.96. The molecule has 9 nitrogen and oxygen atoms in total. The molecule has 0 aromatic carbocycles. The largest absolute Gasteiger partial charge is 0.469 e. The molecular weight excluding hydrogens is 571 g/mol. The monoisotopic (exact) mass is 624 g/mol. The molecule has 0 aliphatic rings. The molecule has 0 aromatic rings. The number of phosphoric acid groups is 1. The summed E-state index contributed by atoms with van der Waals surface area (Å²) in [5.41, 5.74) is 0. The number of ether oxygens (including phenoxy) is 2. The fourth-order valence-corrected chi connectivity index (χ4v) is 3.90. The van der Waals surface area contributed by atoms with Crippen LogP contribution in [0.15, 0.2) is 72.9 Å². The summed E-state index contributed by atoms with van der Waals surface area (Å²) < 4.78 is 25.8.